The summed E-state index contributed by atoms with van der Waals surface area (Å²) in [6, 6.07) is 8.94. The van der Waals surface area contributed by atoms with Crippen molar-refractivity contribution in [2.45, 2.75) is 20.1 Å². The van der Waals surface area contributed by atoms with Crippen molar-refractivity contribution in [3.05, 3.63) is 47.7 Å². The van der Waals surface area contributed by atoms with Crippen LogP contribution in [0.4, 0.5) is 0 Å². The summed E-state index contributed by atoms with van der Waals surface area (Å²) in [6.07, 6.45) is 0.756. The molecular formula is C17H20N2O3. The van der Waals surface area contributed by atoms with Crippen LogP contribution in [0.5, 0.6) is 5.75 Å². The number of carbonyl (C=O) groups excluding carboxylic acids is 1. The van der Waals surface area contributed by atoms with Gasteiger partial charge in [0.05, 0.1) is 5.69 Å². The molecule has 5 heteroatoms. The zero-order valence-electron chi connectivity index (χ0n) is 13.2. The SMILES string of the molecule is Cc1c(OC(C)O)ccc(C(=O)N(C)C)c1-c1ccccn1. The van der Waals surface area contributed by atoms with Gasteiger partial charge in [0.1, 0.15) is 5.75 Å². The van der Waals surface area contributed by atoms with Crippen molar-refractivity contribution in [1.82, 2.24) is 9.88 Å². The smallest absolute Gasteiger partial charge is 0.254 e. The molecule has 0 aliphatic rings. The van der Waals surface area contributed by atoms with Gasteiger partial charge in [0.2, 0.25) is 0 Å². The molecule has 2 aromatic rings. The summed E-state index contributed by atoms with van der Waals surface area (Å²) >= 11 is 0. The molecule has 0 fully saturated rings. The quantitative estimate of drug-likeness (QED) is 0.881. The number of aliphatic hydroxyl groups excluding tert-OH is 1. The second-order valence-electron chi connectivity index (χ2n) is 5.24. The molecular weight excluding hydrogens is 280 g/mol. The van der Waals surface area contributed by atoms with Crippen LogP contribution in [0.2, 0.25) is 0 Å². The highest BCUT2D eigenvalue weighted by atomic mass is 16.6. The third-order valence-corrected chi connectivity index (χ3v) is 3.27. The van der Waals surface area contributed by atoms with Gasteiger partial charge in [-0.2, -0.15) is 0 Å². The Labute approximate surface area is 130 Å². The normalized spacial score (nSPS) is 11.9. The number of pyridine rings is 1. The maximum Gasteiger partial charge on any atom is 0.254 e. The molecule has 1 aromatic carbocycles. The number of amides is 1. The van der Waals surface area contributed by atoms with E-state index in [1.165, 1.54) is 4.90 Å². The van der Waals surface area contributed by atoms with Crippen molar-refractivity contribution in [3.63, 3.8) is 0 Å². The molecule has 0 radical (unpaired) electrons. The molecule has 0 saturated heterocycles. The number of carbonyl (C=O) groups is 1. The lowest BCUT2D eigenvalue weighted by molar-refractivity contribution is -0.000764. The number of aliphatic hydroxyl groups is 1. The largest absolute Gasteiger partial charge is 0.465 e. The number of hydrogen-bond acceptors (Lipinski definition) is 4. The fraction of sp³-hybridized carbons (Fsp3) is 0.294. The van der Waals surface area contributed by atoms with Gasteiger partial charge in [-0.3, -0.25) is 9.78 Å². The minimum absolute atomic E-state index is 0.104. The molecule has 1 heterocycles. The van der Waals surface area contributed by atoms with Gasteiger partial charge in [-0.25, -0.2) is 0 Å². The Balaban J connectivity index is 2.65. The molecule has 1 aromatic heterocycles. The summed E-state index contributed by atoms with van der Waals surface area (Å²) in [5.74, 6) is 0.429. The van der Waals surface area contributed by atoms with Gasteiger partial charge in [0.25, 0.3) is 5.91 Å². The molecule has 1 amide bonds. The summed E-state index contributed by atoms with van der Waals surface area (Å²) in [5.41, 5.74) is 2.74. The van der Waals surface area contributed by atoms with Crippen LogP contribution in [0.3, 0.4) is 0 Å². The van der Waals surface area contributed by atoms with Gasteiger partial charge < -0.3 is 14.7 Å². The average Bonchev–Trinajstić information content (AvgIpc) is 2.48. The van der Waals surface area contributed by atoms with E-state index in [1.54, 1.807) is 39.3 Å². The fourth-order valence-electron chi connectivity index (χ4n) is 2.26. The molecule has 1 unspecified atom stereocenters. The summed E-state index contributed by atoms with van der Waals surface area (Å²) in [6.45, 7) is 3.40. The van der Waals surface area contributed by atoms with Crippen LogP contribution in [-0.2, 0) is 0 Å². The van der Waals surface area contributed by atoms with Gasteiger partial charge in [0.15, 0.2) is 6.29 Å². The number of rotatable bonds is 4. The Kier molecular flexibility index (Phi) is 4.78. The van der Waals surface area contributed by atoms with E-state index in [4.69, 9.17) is 4.74 Å². The number of ether oxygens (including phenoxy) is 1. The van der Waals surface area contributed by atoms with E-state index < -0.39 is 6.29 Å². The molecule has 0 aliphatic heterocycles. The second kappa shape index (κ2) is 6.58. The van der Waals surface area contributed by atoms with Crippen LogP contribution in [0.15, 0.2) is 36.5 Å². The predicted octanol–water partition coefficient (Wildman–Crippen LogP) is 2.48. The molecule has 0 bridgehead atoms. The zero-order valence-corrected chi connectivity index (χ0v) is 13.2. The van der Waals surface area contributed by atoms with Gasteiger partial charge in [-0.1, -0.05) is 6.07 Å². The lowest BCUT2D eigenvalue weighted by Gasteiger charge is -2.19. The lowest BCUT2D eigenvalue weighted by Crippen LogP contribution is -2.23. The highest BCUT2D eigenvalue weighted by Crippen LogP contribution is 2.33. The summed E-state index contributed by atoms with van der Waals surface area (Å²) in [7, 11) is 3.42. The van der Waals surface area contributed by atoms with Crippen molar-refractivity contribution < 1.29 is 14.6 Å². The van der Waals surface area contributed by atoms with Crippen molar-refractivity contribution >= 4 is 5.91 Å². The number of aromatic nitrogens is 1. The summed E-state index contributed by atoms with van der Waals surface area (Å²) in [4.78, 5) is 18.3. The zero-order chi connectivity index (χ0) is 16.3. The maximum absolute atomic E-state index is 12.4. The van der Waals surface area contributed by atoms with Crippen LogP contribution >= 0.6 is 0 Å². The minimum atomic E-state index is -0.925. The monoisotopic (exact) mass is 300 g/mol. The molecule has 0 spiro atoms. The first-order valence-corrected chi connectivity index (χ1v) is 7.03. The van der Waals surface area contributed by atoms with Crippen molar-refractivity contribution in [3.8, 4) is 17.0 Å². The molecule has 1 N–H and O–H groups in total. The van der Waals surface area contributed by atoms with E-state index in [1.807, 2.05) is 25.1 Å². The molecule has 0 aliphatic carbocycles. The van der Waals surface area contributed by atoms with Crippen LogP contribution in [0, 0.1) is 6.92 Å². The van der Waals surface area contributed by atoms with E-state index >= 15 is 0 Å². The van der Waals surface area contributed by atoms with Gasteiger partial charge >= 0.3 is 0 Å². The van der Waals surface area contributed by atoms with Gasteiger partial charge in [0, 0.05) is 37.0 Å². The first-order chi connectivity index (χ1) is 10.4. The van der Waals surface area contributed by atoms with E-state index in [9.17, 15) is 9.90 Å². The van der Waals surface area contributed by atoms with E-state index in [0.29, 0.717) is 17.0 Å². The average molecular weight is 300 g/mol. The fourth-order valence-corrected chi connectivity index (χ4v) is 2.26. The molecule has 2 rings (SSSR count). The number of benzene rings is 1. The Morgan fingerprint density at radius 3 is 2.55 bits per heavy atom. The van der Waals surface area contributed by atoms with E-state index in [0.717, 1.165) is 11.1 Å². The highest BCUT2D eigenvalue weighted by Gasteiger charge is 2.20. The molecule has 0 saturated carbocycles. The third kappa shape index (κ3) is 3.26. The van der Waals surface area contributed by atoms with Gasteiger partial charge in [-0.05, 0) is 38.1 Å². The molecule has 1 atom stereocenters. The highest BCUT2D eigenvalue weighted by molar-refractivity contribution is 6.01. The Hall–Kier alpha value is -2.40. The predicted molar refractivity (Wildman–Crippen MR) is 84.7 cm³/mol. The number of hydrogen-bond donors (Lipinski definition) is 1. The third-order valence-electron chi connectivity index (χ3n) is 3.27. The molecule has 5 nitrogen and oxygen atoms in total. The van der Waals surface area contributed by atoms with Crippen LogP contribution in [0.25, 0.3) is 11.3 Å². The Bertz CT molecular complexity index is 667. The Morgan fingerprint density at radius 1 is 1.27 bits per heavy atom. The maximum atomic E-state index is 12.4. The standard InChI is InChI=1S/C17H20N2O3/c1-11-15(22-12(2)20)9-8-13(17(21)19(3)4)16(11)14-7-5-6-10-18-14/h5-10,12,20H,1-4H3. The molecule has 116 valence electrons. The first-order valence-electron chi connectivity index (χ1n) is 7.03. The Morgan fingerprint density at radius 2 is 2.00 bits per heavy atom. The van der Waals surface area contributed by atoms with Crippen molar-refractivity contribution in [2.75, 3.05) is 14.1 Å². The van der Waals surface area contributed by atoms with Crippen molar-refractivity contribution in [2.24, 2.45) is 0 Å². The summed E-state index contributed by atoms with van der Waals surface area (Å²) in [5, 5.41) is 9.45. The lowest BCUT2D eigenvalue weighted by atomic mass is 9.96. The minimum Gasteiger partial charge on any atom is -0.465 e. The number of nitrogens with zero attached hydrogens (tertiary/aromatic N) is 2. The van der Waals surface area contributed by atoms with Crippen LogP contribution in [0.1, 0.15) is 22.8 Å². The first kappa shape index (κ1) is 16.0. The van der Waals surface area contributed by atoms with Crippen molar-refractivity contribution in [1.29, 1.82) is 0 Å². The van der Waals surface area contributed by atoms with E-state index in [2.05, 4.69) is 4.98 Å². The second-order valence-corrected chi connectivity index (χ2v) is 5.24. The van der Waals surface area contributed by atoms with Crippen LogP contribution in [-0.4, -0.2) is 41.3 Å². The molecule has 22 heavy (non-hydrogen) atoms. The summed E-state index contributed by atoms with van der Waals surface area (Å²) < 4.78 is 5.41. The van der Waals surface area contributed by atoms with Crippen LogP contribution < -0.4 is 4.74 Å². The topological polar surface area (TPSA) is 62.7 Å². The van der Waals surface area contributed by atoms with E-state index in [-0.39, 0.29) is 5.91 Å². The van der Waals surface area contributed by atoms with Gasteiger partial charge in [-0.15, -0.1) is 0 Å².